The Morgan fingerprint density at radius 1 is 0.963 bits per heavy atom. The fourth-order valence-corrected chi connectivity index (χ4v) is 3.80. The molecule has 0 amide bonds. The molecule has 27 heavy (non-hydrogen) atoms. The summed E-state index contributed by atoms with van der Waals surface area (Å²) in [6, 6.07) is 17.1. The van der Waals surface area contributed by atoms with E-state index >= 15 is 0 Å². The van der Waals surface area contributed by atoms with Crippen LogP contribution in [0.2, 0.25) is 0 Å². The minimum atomic E-state index is -0.243. The predicted octanol–water partition coefficient (Wildman–Crippen LogP) is 4.11. The van der Waals surface area contributed by atoms with Crippen LogP contribution in [0.5, 0.6) is 0 Å². The van der Waals surface area contributed by atoms with Crippen LogP contribution in [0.15, 0.2) is 54.6 Å². The lowest BCUT2D eigenvalue weighted by molar-refractivity contribution is 0.496. The summed E-state index contributed by atoms with van der Waals surface area (Å²) in [4.78, 5) is 4.22. The zero-order chi connectivity index (χ0) is 18.8. The lowest BCUT2D eigenvalue weighted by Crippen LogP contribution is -2.34. The number of hydrogen-bond donors (Lipinski definition) is 0. The molecule has 0 bridgehead atoms. The second-order valence-corrected chi connectivity index (χ2v) is 7.07. The minimum absolute atomic E-state index is 0.243. The van der Waals surface area contributed by atoms with Crippen LogP contribution < -0.4 is 9.80 Å². The van der Waals surface area contributed by atoms with Gasteiger partial charge in [0.15, 0.2) is 0 Å². The van der Waals surface area contributed by atoms with Crippen LogP contribution in [0.4, 0.5) is 22.0 Å². The molecule has 140 valence electrons. The van der Waals surface area contributed by atoms with Gasteiger partial charge in [-0.2, -0.15) is 0 Å². The first kappa shape index (κ1) is 17.5. The summed E-state index contributed by atoms with van der Waals surface area (Å²) in [5.74, 6) is 1.98. The lowest BCUT2D eigenvalue weighted by atomic mass is 9.90. The molecule has 5 nitrogen and oxygen atoms in total. The monoisotopic (exact) mass is 365 g/mol. The zero-order valence-electron chi connectivity index (χ0n) is 15.7. The molecule has 1 aliphatic heterocycles. The Kier molecular flexibility index (Phi) is 4.79. The minimum Gasteiger partial charge on any atom is -0.341 e. The molecule has 0 atom stereocenters. The van der Waals surface area contributed by atoms with Crippen molar-refractivity contribution in [3.63, 3.8) is 0 Å². The van der Waals surface area contributed by atoms with E-state index in [2.05, 4.69) is 45.4 Å². The smallest absolute Gasteiger partial charge is 0.232 e. The molecule has 1 fully saturated rings. The molecule has 1 saturated heterocycles. The van der Waals surface area contributed by atoms with E-state index in [0.29, 0.717) is 5.92 Å². The maximum absolute atomic E-state index is 13.2. The Morgan fingerprint density at radius 2 is 1.63 bits per heavy atom. The second-order valence-electron chi connectivity index (χ2n) is 7.07. The van der Waals surface area contributed by atoms with Gasteiger partial charge in [0.25, 0.3) is 0 Å². The summed E-state index contributed by atoms with van der Waals surface area (Å²) in [7, 11) is 3.90. The van der Waals surface area contributed by atoms with Gasteiger partial charge in [0.2, 0.25) is 11.9 Å². The Balaban J connectivity index is 1.47. The average Bonchev–Trinajstić information content (AvgIpc) is 3.10. The van der Waals surface area contributed by atoms with Crippen molar-refractivity contribution in [2.75, 3.05) is 29.9 Å². The molecule has 3 aromatic rings. The molecule has 0 saturated carbocycles. The van der Waals surface area contributed by atoms with Crippen LogP contribution in [-0.4, -0.2) is 34.9 Å². The van der Waals surface area contributed by atoms with Crippen molar-refractivity contribution in [1.82, 2.24) is 14.8 Å². The standard InChI is InChI=1S/C21H24FN5/c1-25(19-10-8-18(22)9-11-19)20-23-24-21(26(20)2)27-14-12-17(13-15-27)16-6-4-3-5-7-16/h3-11,17H,12-15H2,1-2H3. The number of piperidine rings is 1. The molecule has 2 aromatic carbocycles. The van der Waals surface area contributed by atoms with E-state index in [-0.39, 0.29) is 5.82 Å². The van der Waals surface area contributed by atoms with Crippen molar-refractivity contribution in [2.24, 2.45) is 7.05 Å². The Hall–Kier alpha value is -2.89. The van der Waals surface area contributed by atoms with Gasteiger partial charge >= 0.3 is 0 Å². The molecule has 6 heteroatoms. The van der Waals surface area contributed by atoms with Crippen molar-refractivity contribution in [2.45, 2.75) is 18.8 Å². The van der Waals surface area contributed by atoms with Crippen LogP contribution in [0.1, 0.15) is 24.3 Å². The Bertz CT molecular complexity index is 883. The molecule has 1 aromatic heterocycles. The third-order valence-corrected chi connectivity index (χ3v) is 5.39. The van der Waals surface area contributed by atoms with Gasteiger partial charge in [-0.05, 0) is 48.6 Å². The van der Waals surface area contributed by atoms with Gasteiger partial charge in [0, 0.05) is 32.9 Å². The van der Waals surface area contributed by atoms with E-state index in [1.165, 1.54) is 17.7 Å². The van der Waals surface area contributed by atoms with Gasteiger partial charge < -0.3 is 9.80 Å². The van der Waals surface area contributed by atoms with Gasteiger partial charge in [0.05, 0.1) is 0 Å². The van der Waals surface area contributed by atoms with Gasteiger partial charge in [-0.3, -0.25) is 4.57 Å². The van der Waals surface area contributed by atoms with E-state index in [9.17, 15) is 4.39 Å². The van der Waals surface area contributed by atoms with Crippen molar-refractivity contribution in [1.29, 1.82) is 0 Å². The van der Waals surface area contributed by atoms with E-state index < -0.39 is 0 Å². The van der Waals surface area contributed by atoms with Crippen molar-refractivity contribution < 1.29 is 4.39 Å². The second kappa shape index (κ2) is 7.39. The van der Waals surface area contributed by atoms with Crippen molar-refractivity contribution >= 4 is 17.6 Å². The third-order valence-electron chi connectivity index (χ3n) is 5.39. The molecule has 2 heterocycles. The normalized spacial score (nSPS) is 15.1. The van der Waals surface area contributed by atoms with Crippen LogP contribution in [0, 0.1) is 5.82 Å². The number of anilines is 3. The number of rotatable bonds is 4. The average molecular weight is 365 g/mol. The van der Waals surface area contributed by atoms with Gasteiger partial charge in [-0.15, -0.1) is 10.2 Å². The first-order valence-corrected chi connectivity index (χ1v) is 9.32. The summed E-state index contributed by atoms with van der Waals surface area (Å²) >= 11 is 0. The van der Waals surface area contributed by atoms with Crippen LogP contribution in [-0.2, 0) is 7.05 Å². The number of aromatic nitrogens is 3. The van der Waals surface area contributed by atoms with Crippen LogP contribution in [0.25, 0.3) is 0 Å². The summed E-state index contributed by atoms with van der Waals surface area (Å²) in [5.41, 5.74) is 2.30. The highest BCUT2D eigenvalue weighted by Crippen LogP contribution is 2.31. The van der Waals surface area contributed by atoms with E-state index in [1.807, 2.05) is 23.6 Å². The number of nitrogens with zero attached hydrogens (tertiary/aromatic N) is 5. The Labute approximate surface area is 159 Å². The largest absolute Gasteiger partial charge is 0.341 e. The topological polar surface area (TPSA) is 37.2 Å². The number of halogens is 1. The first-order chi connectivity index (χ1) is 13.1. The number of benzene rings is 2. The Morgan fingerprint density at radius 3 is 2.30 bits per heavy atom. The molecule has 0 spiro atoms. The highest BCUT2D eigenvalue weighted by molar-refractivity contribution is 5.58. The maximum Gasteiger partial charge on any atom is 0.232 e. The summed E-state index contributed by atoms with van der Waals surface area (Å²) in [5, 5.41) is 8.79. The fourth-order valence-electron chi connectivity index (χ4n) is 3.80. The zero-order valence-corrected chi connectivity index (χ0v) is 15.7. The SMILES string of the molecule is CN(c1ccc(F)cc1)c1nnc(N2CCC(c3ccccc3)CC2)n1C. The van der Waals surface area contributed by atoms with Gasteiger partial charge in [-0.25, -0.2) is 4.39 Å². The highest BCUT2D eigenvalue weighted by Gasteiger charge is 2.25. The van der Waals surface area contributed by atoms with Crippen LogP contribution >= 0.6 is 0 Å². The highest BCUT2D eigenvalue weighted by atomic mass is 19.1. The summed E-state index contributed by atoms with van der Waals surface area (Å²) < 4.78 is 15.2. The first-order valence-electron chi connectivity index (χ1n) is 9.32. The molecule has 0 aliphatic carbocycles. The molecule has 0 unspecified atom stereocenters. The van der Waals surface area contributed by atoms with Gasteiger partial charge in [0.1, 0.15) is 5.82 Å². The molecular weight excluding hydrogens is 341 g/mol. The van der Waals surface area contributed by atoms with Crippen molar-refractivity contribution in [3.05, 3.63) is 66.0 Å². The van der Waals surface area contributed by atoms with E-state index in [4.69, 9.17) is 0 Å². The quantitative estimate of drug-likeness (QED) is 0.697. The molecule has 4 rings (SSSR count). The fraction of sp³-hybridized carbons (Fsp3) is 0.333. The van der Waals surface area contributed by atoms with E-state index in [0.717, 1.165) is 43.5 Å². The lowest BCUT2D eigenvalue weighted by Gasteiger charge is -2.32. The van der Waals surface area contributed by atoms with Crippen LogP contribution in [0.3, 0.4) is 0 Å². The summed E-state index contributed by atoms with van der Waals surface area (Å²) in [6.45, 7) is 1.93. The molecule has 0 N–H and O–H groups in total. The molecular formula is C21H24FN5. The predicted molar refractivity (Wildman–Crippen MR) is 106 cm³/mol. The third kappa shape index (κ3) is 3.52. The molecule has 0 radical (unpaired) electrons. The molecule has 1 aliphatic rings. The van der Waals surface area contributed by atoms with Crippen molar-refractivity contribution in [3.8, 4) is 0 Å². The van der Waals surface area contributed by atoms with E-state index in [1.54, 1.807) is 12.1 Å². The summed E-state index contributed by atoms with van der Waals surface area (Å²) in [6.07, 6.45) is 2.22. The maximum atomic E-state index is 13.2. The number of hydrogen-bond acceptors (Lipinski definition) is 4. The van der Waals surface area contributed by atoms with Gasteiger partial charge in [-0.1, -0.05) is 30.3 Å².